The molecule has 0 amide bonds. The van der Waals surface area contributed by atoms with Crippen LogP contribution in [0.5, 0.6) is 0 Å². The maximum atomic E-state index is 13.1. The van der Waals surface area contributed by atoms with Crippen LogP contribution < -0.4 is 0 Å². The number of ether oxygens (including phenoxy) is 1. The second kappa shape index (κ2) is 2.87. The second-order valence-corrected chi connectivity index (χ2v) is 3.89. The minimum Gasteiger partial charge on any atom is -0.477 e. The van der Waals surface area contributed by atoms with Gasteiger partial charge in [-0.1, -0.05) is 0 Å². The maximum absolute atomic E-state index is 13.1. The first kappa shape index (κ1) is 11.3. The number of halogens is 2. The Balaban J connectivity index is 2.93. The molecule has 0 aromatic carbocycles. The van der Waals surface area contributed by atoms with Gasteiger partial charge in [-0.2, -0.15) is 8.78 Å². The smallest absolute Gasteiger partial charge is 0.377 e. The van der Waals surface area contributed by atoms with Gasteiger partial charge in [-0.25, -0.2) is 4.79 Å². The summed E-state index contributed by atoms with van der Waals surface area (Å²) in [5, 5.41) is 17.7. The van der Waals surface area contributed by atoms with E-state index in [2.05, 4.69) is 4.74 Å². The predicted octanol–water partition coefficient (Wildman–Crippen LogP) is 0.984. The molecule has 0 aliphatic carbocycles. The molecule has 0 saturated carbocycles. The van der Waals surface area contributed by atoms with Gasteiger partial charge in [0, 0.05) is 6.42 Å². The molecule has 0 aromatic rings. The fourth-order valence-corrected chi connectivity index (χ4v) is 1.51. The van der Waals surface area contributed by atoms with Crippen LogP contribution in [0, 0.1) is 0 Å². The van der Waals surface area contributed by atoms with E-state index in [1.165, 1.54) is 6.92 Å². The highest BCUT2D eigenvalue weighted by Crippen LogP contribution is 2.45. The van der Waals surface area contributed by atoms with Crippen LogP contribution in [0.25, 0.3) is 0 Å². The number of aliphatic carboxylic acids is 1. The van der Waals surface area contributed by atoms with E-state index in [1.54, 1.807) is 0 Å². The number of hydrogen-bond acceptors (Lipinski definition) is 3. The molecule has 2 atom stereocenters. The van der Waals surface area contributed by atoms with Crippen molar-refractivity contribution in [1.29, 1.82) is 0 Å². The average Bonchev–Trinajstić information content (AvgIpc) is 2.26. The van der Waals surface area contributed by atoms with Crippen molar-refractivity contribution in [3.63, 3.8) is 0 Å². The van der Waals surface area contributed by atoms with E-state index in [1.807, 2.05) is 0 Å². The first-order valence-electron chi connectivity index (χ1n) is 4.14. The minimum absolute atomic E-state index is 0.00757. The van der Waals surface area contributed by atoms with Gasteiger partial charge in [-0.15, -0.1) is 0 Å². The summed E-state index contributed by atoms with van der Waals surface area (Å²) in [7, 11) is 0. The zero-order chi connectivity index (χ0) is 11.2. The van der Waals surface area contributed by atoms with Gasteiger partial charge in [0.05, 0.1) is 0 Å². The molecule has 82 valence electrons. The lowest BCUT2D eigenvalue weighted by Crippen LogP contribution is -2.52. The molecule has 1 rings (SSSR count). The van der Waals surface area contributed by atoms with Gasteiger partial charge in [-0.05, 0) is 20.3 Å². The highest BCUT2D eigenvalue weighted by molar-refractivity contribution is 5.77. The van der Waals surface area contributed by atoms with Crippen LogP contribution in [-0.2, 0) is 9.53 Å². The highest BCUT2D eigenvalue weighted by atomic mass is 19.3. The third kappa shape index (κ3) is 1.59. The van der Waals surface area contributed by atoms with Crippen LogP contribution >= 0.6 is 0 Å². The average molecular weight is 210 g/mol. The first-order valence-corrected chi connectivity index (χ1v) is 4.14. The van der Waals surface area contributed by atoms with Crippen molar-refractivity contribution in [2.24, 2.45) is 0 Å². The van der Waals surface area contributed by atoms with Gasteiger partial charge in [0.15, 0.2) is 5.79 Å². The van der Waals surface area contributed by atoms with Crippen molar-refractivity contribution in [1.82, 2.24) is 0 Å². The Hall–Kier alpha value is -0.750. The molecule has 0 bridgehead atoms. The molecular weight excluding hydrogens is 198 g/mol. The van der Waals surface area contributed by atoms with E-state index in [9.17, 15) is 18.7 Å². The van der Waals surface area contributed by atoms with Crippen LogP contribution in [0.15, 0.2) is 0 Å². The zero-order valence-electron chi connectivity index (χ0n) is 7.88. The molecule has 14 heavy (non-hydrogen) atoms. The van der Waals surface area contributed by atoms with Crippen molar-refractivity contribution in [2.75, 3.05) is 0 Å². The molecule has 1 saturated heterocycles. The number of alkyl halides is 2. The van der Waals surface area contributed by atoms with E-state index in [4.69, 9.17) is 5.11 Å². The lowest BCUT2D eigenvalue weighted by atomic mass is 9.94. The molecule has 1 fully saturated rings. The third-order valence-corrected chi connectivity index (χ3v) is 2.44. The molecule has 1 heterocycles. The summed E-state index contributed by atoms with van der Waals surface area (Å²) in [6, 6.07) is 0. The molecule has 1 aliphatic heterocycles. The fraction of sp³-hybridized carbons (Fsp3) is 0.875. The lowest BCUT2D eigenvalue weighted by molar-refractivity contribution is -0.267. The van der Waals surface area contributed by atoms with Crippen LogP contribution in [0.1, 0.15) is 26.7 Å². The Morgan fingerprint density at radius 2 is 1.93 bits per heavy atom. The Morgan fingerprint density at radius 1 is 1.43 bits per heavy atom. The number of aliphatic hydroxyl groups is 1. The first-order chi connectivity index (χ1) is 6.11. The SMILES string of the molecule is CC1(O)CCC(C)(C(F)(F)C(=O)O)O1. The van der Waals surface area contributed by atoms with Crippen molar-refractivity contribution < 1.29 is 28.5 Å². The topological polar surface area (TPSA) is 66.8 Å². The molecule has 2 unspecified atom stereocenters. The number of carbonyl (C=O) groups is 1. The maximum Gasteiger partial charge on any atom is 0.377 e. The summed E-state index contributed by atoms with van der Waals surface area (Å²) in [6.45, 7) is 2.22. The Kier molecular flexibility index (Phi) is 2.32. The molecule has 4 nitrogen and oxygen atoms in total. The van der Waals surface area contributed by atoms with Gasteiger partial charge in [0.2, 0.25) is 0 Å². The quantitative estimate of drug-likeness (QED) is 0.713. The van der Waals surface area contributed by atoms with E-state index in [-0.39, 0.29) is 12.8 Å². The Labute approximate surface area is 79.5 Å². The van der Waals surface area contributed by atoms with Crippen molar-refractivity contribution in [2.45, 2.75) is 44.0 Å². The third-order valence-electron chi connectivity index (χ3n) is 2.44. The van der Waals surface area contributed by atoms with Crippen LogP contribution in [0.2, 0.25) is 0 Å². The molecule has 2 N–H and O–H groups in total. The normalized spacial score (nSPS) is 38.6. The standard InChI is InChI=1S/C8H12F2O4/c1-6(8(9,10)5(11)12)3-4-7(2,13)14-6/h13H,3-4H2,1-2H3,(H,11,12). The van der Waals surface area contributed by atoms with Gasteiger partial charge >= 0.3 is 11.9 Å². The summed E-state index contributed by atoms with van der Waals surface area (Å²) in [5.74, 6) is -7.90. The summed E-state index contributed by atoms with van der Waals surface area (Å²) in [6.07, 6.45) is -0.203. The molecule has 0 spiro atoms. The Bertz CT molecular complexity index is 264. The number of hydrogen-bond donors (Lipinski definition) is 2. The molecular formula is C8H12F2O4. The van der Waals surface area contributed by atoms with E-state index < -0.39 is 23.3 Å². The summed E-state index contributed by atoms with van der Waals surface area (Å²) in [5.41, 5.74) is -2.14. The summed E-state index contributed by atoms with van der Waals surface area (Å²) < 4.78 is 31.0. The molecule has 0 radical (unpaired) electrons. The van der Waals surface area contributed by atoms with Crippen molar-refractivity contribution in [3.8, 4) is 0 Å². The highest BCUT2D eigenvalue weighted by Gasteiger charge is 2.62. The lowest BCUT2D eigenvalue weighted by Gasteiger charge is -2.31. The number of rotatable bonds is 2. The van der Waals surface area contributed by atoms with Crippen LogP contribution in [0.3, 0.4) is 0 Å². The molecule has 0 aromatic heterocycles. The van der Waals surface area contributed by atoms with E-state index >= 15 is 0 Å². The zero-order valence-corrected chi connectivity index (χ0v) is 7.88. The van der Waals surface area contributed by atoms with Gasteiger partial charge in [0.25, 0.3) is 0 Å². The van der Waals surface area contributed by atoms with Crippen molar-refractivity contribution in [3.05, 3.63) is 0 Å². The Morgan fingerprint density at radius 3 is 2.21 bits per heavy atom. The minimum atomic E-state index is -3.99. The van der Waals surface area contributed by atoms with Crippen LogP contribution in [-0.4, -0.2) is 33.5 Å². The predicted molar refractivity (Wildman–Crippen MR) is 41.9 cm³/mol. The number of carboxylic acid groups (broad SMARTS) is 1. The summed E-state index contributed by atoms with van der Waals surface area (Å²) in [4.78, 5) is 10.3. The van der Waals surface area contributed by atoms with E-state index in [0.717, 1.165) is 6.92 Å². The van der Waals surface area contributed by atoms with Gasteiger partial charge < -0.3 is 14.9 Å². The second-order valence-electron chi connectivity index (χ2n) is 3.89. The van der Waals surface area contributed by atoms with E-state index in [0.29, 0.717) is 0 Å². The van der Waals surface area contributed by atoms with Crippen molar-refractivity contribution >= 4 is 5.97 Å². The fourth-order valence-electron chi connectivity index (χ4n) is 1.51. The number of carboxylic acids is 1. The van der Waals surface area contributed by atoms with Gasteiger partial charge in [-0.3, -0.25) is 0 Å². The largest absolute Gasteiger partial charge is 0.477 e. The molecule has 1 aliphatic rings. The van der Waals surface area contributed by atoms with Crippen LogP contribution in [0.4, 0.5) is 8.78 Å². The summed E-state index contributed by atoms with van der Waals surface area (Å²) >= 11 is 0. The monoisotopic (exact) mass is 210 g/mol. The van der Waals surface area contributed by atoms with Gasteiger partial charge in [0.1, 0.15) is 5.60 Å². The molecule has 6 heteroatoms.